The Bertz CT molecular complexity index is 787. The van der Waals surface area contributed by atoms with Gasteiger partial charge in [-0.15, -0.1) is 0 Å². The highest BCUT2D eigenvalue weighted by Crippen LogP contribution is 2.28. The molecule has 0 amide bonds. The van der Waals surface area contributed by atoms with E-state index in [4.69, 9.17) is 5.73 Å². The fourth-order valence-electron chi connectivity index (χ4n) is 2.61. The largest absolute Gasteiger partial charge is 0.324 e. The lowest BCUT2D eigenvalue weighted by Gasteiger charge is -2.16. The van der Waals surface area contributed by atoms with Crippen LogP contribution in [0, 0.1) is 5.82 Å². The van der Waals surface area contributed by atoms with Crippen molar-refractivity contribution in [2.75, 3.05) is 0 Å². The predicted octanol–water partition coefficient (Wildman–Crippen LogP) is 2.54. The minimum Gasteiger partial charge on any atom is -0.324 e. The zero-order chi connectivity index (χ0) is 15.1. The molecule has 0 spiro atoms. The van der Waals surface area contributed by atoms with E-state index in [1.165, 1.54) is 6.07 Å². The van der Waals surface area contributed by atoms with E-state index in [1.807, 2.05) is 37.7 Å². The molecule has 0 radical (unpaired) electrons. The summed E-state index contributed by atoms with van der Waals surface area (Å²) >= 11 is 0. The molecule has 6 heteroatoms. The van der Waals surface area contributed by atoms with Crippen LogP contribution in [0.25, 0.3) is 11.0 Å². The Kier molecular flexibility index (Phi) is 3.25. The average Bonchev–Trinajstić information content (AvgIpc) is 3.02. The number of benzene rings is 1. The van der Waals surface area contributed by atoms with Gasteiger partial charge in [0.1, 0.15) is 11.3 Å². The van der Waals surface area contributed by atoms with Crippen molar-refractivity contribution in [2.24, 2.45) is 12.8 Å². The summed E-state index contributed by atoms with van der Waals surface area (Å²) < 4.78 is 17.7. The Morgan fingerprint density at radius 3 is 2.67 bits per heavy atom. The second kappa shape index (κ2) is 4.96. The van der Waals surface area contributed by atoms with Gasteiger partial charge in [0, 0.05) is 24.8 Å². The van der Waals surface area contributed by atoms with Crippen LogP contribution in [0.4, 0.5) is 4.39 Å². The van der Waals surface area contributed by atoms with Crippen LogP contribution in [0.15, 0.2) is 30.6 Å². The third-order valence-corrected chi connectivity index (χ3v) is 3.58. The molecule has 110 valence electrons. The molecule has 0 saturated carbocycles. The van der Waals surface area contributed by atoms with Gasteiger partial charge in [-0.2, -0.15) is 5.10 Å². The van der Waals surface area contributed by atoms with Crippen LogP contribution >= 0.6 is 0 Å². The van der Waals surface area contributed by atoms with E-state index in [2.05, 4.69) is 10.1 Å². The summed E-state index contributed by atoms with van der Waals surface area (Å²) in [5, 5.41) is 4.13. The van der Waals surface area contributed by atoms with Gasteiger partial charge in [-0.25, -0.2) is 9.37 Å². The van der Waals surface area contributed by atoms with E-state index in [9.17, 15) is 4.39 Å². The van der Waals surface area contributed by atoms with E-state index in [-0.39, 0.29) is 11.9 Å². The molecule has 1 atom stereocenters. The molecule has 0 aliphatic rings. The summed E-state index contributed by atoms with van der Waals surface area (Å²) in [5.41, 5.74) is 8.30. The molecule has 0 bridgehead atoms. The second-order valence-electron chi connectivity index (χ2n) is 5.47. The number of para-hydroxylation sites is 1. The maximum Gasteiger partial charge on any atom is 0.151 e. The van der Waals surface area contributed by atoms with Crippen molar-refractivity contribution in [3.63, 3.8) is 0 Å². The van der Waals surface area contributed by atoms with Crippen LogP contribution in [0.3, 0.4) is 0 Å². The van der Waals surface area contributed by atoms with Gasteiger partial charge >= 0.3 is 0 Å². The summed E-state index contributed by atoms with van der Waals surface area (Å²) in [4.78, 5) is 4.44. The zero-order valence-corrected chi connectivity index (χ0v) is 12.3. The van der Waals surface area contributed by atoms with E-state index in [0.29, 0.717) is 11.3 Å². The van der Waals surface area contributed by atoms with E-state index in [1.54, 1.807) is 16.9 Å². The third-order valence-electron chi connectivity index (χ3n) is 3.58. The van der Waals surface area contributed by atoms with Gasteiger partial charge in [0.25, 0.3) is 0 Å². The molecule has 3 rings (SSSR count). The summed E-state index contributed by atoms with van der Waals surface area (Å²) in [5.74, 6) is 0.324. The van der Waals surface area contributed by atoms with E-state index in [0.717, 1.165) is 11.1 Å². The van der Waals surface area contributed by atoms with Gasteiger partial charge in [-0.1, -0.05) is 6.07 Å². The van der Waals surface area contributed by atoms with Crippen molar-refractivity contribution in [2.45, 2.75) is 25.9 Å². The fraction of sp³-hybridized carbons (Fsp3) is 0.333. The smallest absolute Gasteiger partial charge is 0.151 e. The summed E-state index contributed by atoms with van der Waals surface area (Å²) in [6.07, 6.45) is 3.57. The number of nitrogens with two attached hydrogens (primary N) is 1. The van der Waals surface area contributed by atoms with Crippen LogP contribution in [0.1, 0.15) is 37.3 Å². The quantitative estimate of drug-likeness (QED) is 0.805. The van der Waals surface area contributed by atoms with E-state index < -0.39 is 6.04 Å². The number of hydrogen-bond donors (Lipinski definition) is 1. The molecule has 0 fully saturated rings. The van der Waals surface area contributed by atoms with Crippen molar-refractivity contribution in [1.82, 2.24) is 19.3 Å². The number of rotatable bonds is 3. The molecule has 21 heavy (non-hydrogen) atoms. The van der Waals surface area contributed by atoms with Crippen LogP contribution in [-0.4, -0.2) is 19.3 Å². The topological polar surface area (TPSA) is 61.7 Å². The second-order valence-corrected chi connectivity index (χ2v) is 5.47. The minimum atomic E-state index is -0.437. The predicted molar refractivity (Wildman–Crippen MR) is 79.3 cm³/mol. The number of nitrogens with zero attached hydrogens (tertiary/aromatic N) is 4. The summed E-state index contributed by atoms with van der Waals surface area (Å²) in [7, 11) is 1.83. The normalized spacial score (nSPS) is 13.2. The highest BCUT2D eigenvalue weighted by molar-refractivity contribution is 5.77. The molecule has 0 saturated heterocycles. The summed E-state index contributed by atoms with van der Waals surface area (Å²) in [6, 6.07) is 4.67. The Morgan fingerprint density at radius 2 is 2.05 bits per heavy atom. The SMILES string of the molecule is CC(C)n1c(C(N)c2cnn(C)c2)nc2c(F)cccc21. The van der Waals surface area contributed by atoms with Crippen molar-refractivity contribution < 1.29 is 4.39 Å². The lowest BCUT2D eigenvalue weighted by atomic mass is 10.1. The molecule has 1 unspecified atom stereocenters. The van der Waals surface area contributed by atoms with Crippen LogP contribution in [0.5, 0.6) is 0 Å². The lowest BCUT2D eigenvalue weighted by Crippen LogP contribution is -2.18. The van der Waals surface area contributed by atoms with Crippen molar-refractivity contribution in [3.8, 4) is 0 Å². The first-order valence-corrected chi connectivity index (χ1v) is 6.89. The molecule has 2 aromatic heterocycles. The van der Waals surface area contributed by atoms with Gasteiger partial charge in [0.05, 0.1) is 17.8 Å². The van der Waals surface area contributed by atoms with Crippen molar-refractivity contribution in [1.29, 1.82) is 0 Å². The maximum atomic E-state index is 14.0. The molecule has 1 aromatic carbocycles. The van der Waals surface area contributed by atoms with Crippen LogP contribution < -0.4 is 5.73 Å². The molecule has 2 N–H and O–H groups in total. The monoisotopic (exact) mass is 287 g/mol. The van der Waals surface area contributed by atoms with E-state index >= 15 is 0 Å². The first-order valence-electron chi connectivity index (χ1n) is 6.89. The molecule has 3 aromatic rings. The highest BCUT2D eigenvalue weighted by atomic mass is 19.1. The van der Waals surface area contributed by atoms with Crippen LogP contribution in [-0.2, 0) is 7.05 Å². The number of imidazole rings is 1. The molecular formula is C15H18FN5. The Balaban J connectivity index is 2.22. The van der Waals surface area contributed by atoms with Crippen LogP contribution in [0.2, 0.25) is 0 Å². The van der Waals surface area contributed by atoms with Crippen molar-refractivity contribution in [3.05, 3.63) is 47.8 Å². The highest BCUT2D eigenvalue weighted by Gasteiger charge is 2.22. The molecular weight excluding hydrogens is 269 g/mol. The standard InChI is InChI=1S/C15H18FN5/c1-9(2)21-12-6-4-5-11(16)14(12)19-15(21)13(17)10-7-18-20(3)8-10/h4-9,13H,17H2,1-3H3. The first kappa shape index (κ1) is 13.8. The van der Waals surface area contributed by atoms with Gasteiger partial charge in [-0.05, 0) is 26.0 Å². The number of hydrogen-bond acceptors (Lipinski definition) is 3. The zero-order valence-electron chi connectivity index (χ0n) is 12.3. The number of aryl methyl sites for hydroxylation is 1. The van der Waals surface area contributed by atoms with Gasteiger partial charge in [-0.3, -0.25) is 4.68 Å². The maximum absolute atomic E-state index is 14.0. The number of aromatic nitrogens is 4. The molecule has 2 heterocycles. The molecule has 0 aliphatic heterocycles. The number of halogens is 1. The van der Waals surface area contributed by atoms with Gasteiger partial charge in [0.2, 0.25) is 0 Å². The Morgan fingerprint density at radius 1 is 1.29 bits per heavy atom. The van der Waals surface area contributed by atoms with Gasteiger partial charge in [0.15, 0.2) is 5.82 Å². The fourth-order valence-corrected chi connectivity index (χ4v) is 2.61. The molecule has 5 nitrogen and oxygen atoms in total. The van der Waals surface area contributed by atoms with Gasteiger partial charge < -0.3 is 10.3 Å². The number of fused-ring (bicyclic) bond motifs is 1. The van der Waals surface area contributed by atoms with Crippen molar-refractivity contribution >= 4 is 11.0 Å². The Hall–Kier alpha value is -2.21. The third kappa shape index (κ3) is 2.21. The Labute approximate surface area is 122 Å². The average molecular weight is 287 g/mol. The first-order chi connectivity index (χ1) is 9.99. The minimum absolute atomic E-state index is 0.134. The molecule has 0 aliphatic carbocycles. The lowest BCUT2D eigenvalue weighted by molar-refractivity contribution is 0.567. The summed E-state index contributed by atoms with van der Waals surface area (Å²) in [6.45, 7) is 4.07.